The van der Waals surface area contributed by atoms with E-state index >= 15 is 0 Å². The van der Waals surface area contributed by atoms with Crippen molar-refractivity contribution in [2.24, 2.45) is 4.99 Å². The molecular weight excluding hydrogens is 284 g/mol. The minimum absolute atomic E-state index is 0.0463. The Labute approximate surface area is 116 Å². The summed E-state index contributed by atoms with van der Waals surface area (Å²) in [6.07, 6.45) is 0.511. The van der Waals surface area contributed by atoms with Gasteiger partial charge in [-0.15, -0.1) is 0 Å². The Hall–Kier alpha value is -1.73. The first kappa shape index (κ1) is 14.7. The molecule has 20 heavy (non-hydrogen) atoms. The molecule has 2 rings (SSSR count). The molecule has 1 fully saturated rings. The van der Waals surface area contributed by atoms with Gasteiger partial charge in [-0.25, -0.2) is 13.2 Å². The Balaban J connectivity index is 2.33. The fraction of sp³-hybridized carbons (Fsp3) is 0.417. The van der Waals surface area contributed by atoms with Crippen LogP contribution in [0.15, 0.2) is 34.2 Å². The molecule has 0 saturated carbocycles. The molecular formula is C12H14N2O5S. The van der Waals surface area contributed by atoms with Crippen LogP contribution in [-0.4, -0.2) is 51.8 Å². The first-order valence-corrected chi connectivity index (χ1v) is 7.34. The highest BCUT2D eigenvalue weighted by atomic mass is 32.2. The molecule has 8 heteroatoms. The van der Waals surface area contributed by atoms with Crippen molar-refractivity contribution in [3.05, 3.63) is 24.3 Å². The zero-order valence-corrected chi connectivity index (χ0v) is 11.7. The molecule has 108 valence electrons. The van der Waals surface area contributed by atoms with E-state index in [1.165, 1.54) is 25.3 Å². The van der Waals surface area contributed by atoms with Crippen molar-refractivity contribution < 1.29 is 22.7 Å². The first-order valence-electron chi connectivity index (χ1n) is 5.90. The molecule has 1 unspecified atom stereocenters. The molecule has 0 radical (unpaired) electrons. The number of hydrogen-bond acceptors (Lipinski definition) is 6. The molecule has 1 aliphatic rings. The lowest BCUT2D eigenvalue weighted by atomic mass is 10.3. The molecule has 1 aliphatic heterocycles. The molecule has 0 aromatic heterocycles. The zero-order chi connectivity index (χ0) is 14.6. The van der Waals surface area contributed by atoms with Gasteiger partial charge in [0.25, 0.3) is 0 Å². The zero-order valence-electron chi connectivity index (χ0n) is 10.9. The number of benzene rings is 1. The number of aliphatic imine (C=N–C) groups is 1. The van der Waals surface area contributed by atoms with Gasteiger partial charge in [-0.2, -0.15) is 9.30 Å². The summed E-state index contributed by atoms with van der Waals surface area (Å²) in [6.45, 7) is 0.453. The van der Waals surface area contributed by atoms with E-state index in [2.05, 4.69) is 4.99 Å². The number of nitrogens with zero attached hydrogens (tertiary/aromatic N) is 2. The van der Waals surface area contributed by atoms with E-state index in [9.17, 15) is 13.2 Å². The standard InChI is InChI=1S/C12H14N2O5S/c1-18-10-2-4-11(5-3-10)20(16,17)14-6-7-19-8-12(14)13-9-15/h2-5,12H,6-8H2,1H3. The van der Waals surface area contributed by atoms with Crippen LogP contribution in [0.5, 0.6) is 5.75 Å². The summed E-state index contributed by atoms with van der Waals surface area (Å²) < 4.78 is 36.3. The fourth-order valence-electron chi connectivity index (χ4n) is 1.90. The van der Waals surface area contributed by atoms with Gasteiger partial charge < -0.3 is 9.47 Å². The largest absolute Gasteiger partial charge is 0.497 e. The van der Waals surface area contributed by atoms with Gasteiger partial charge in [0.2, 0.25) is 16.1 Å². The number of ether oxygens (including phenoxy) is 2. The van der Waals surface area contributed by atoms with E-state index in [-0.39, 0.29) is 24.7 Å². The predicted molar refractivity (Wildman–Crippen MR) is 69.6 cm³/mol. The maximum Gasteiger partial charge on any atom is 0.245 e. The lowest BCUT2D eigenvalue weighted by Crippen LogP contribution is -2.47. The van der Waals surface area contributed by atoms with Gasteiger partial charge in [-0.05, 0) is 24.3 Å². The molecule has 0 bridgehead atoms. The van der Waals surface area contributed by atoms with Gasteiger partial charge in [-0.3, -0.25) is 0 Å². The van der Waals surface area contributed by atoms with Crippen molar-refractivity contribution in [2.75, 3.05) is 26.9 Å². The average Bonchev–Trinajstić information content (AvgIpc) is 2.48. The van der Waals surface area contributed by atoms with E-state index in [1.54, 1.807) is 12.1 Å². The Kier molecular flexibility index (Phi) is 4.51. The van der Waals surface area contributed by atoms with Gasteiger partial charge in [-0.1, -0.05) is 0 Å². The topological polar surface area (TPSA) is 85.3 Å². The fourth-order valence-corrected chi connectivity index (χ4v) is 3.40. The van der Waals surface area contributed by atoms with Crippen LogP contribution in [0, 0.1) is 0 Å². The third-order valence-corrected chi connectivity index (χ3v) is 4.83. The van der Waals surface area contributed by atoms with Gasteiger partial charge in [0.15, 0.2) is 6.17 Å². The summed E-state index contributed by atoms with van der Waals surface area (Å²) in [5.41, 5.74) is 0. The molecule has 0 spiro atoms. The summed E-state index contributed by atoms with van der Waals surface area (Å²) in [6, 6.07) is 6.02. The van der Waals surface area contributed by atoms with Crippen LogP contribution in [0.2, 0.25) is 0 Å². The highest BCUT2D eigenvalue weighted by molar-refractivity contribution is 7.89. The monoisotopic (exact) mass is 298 g/mol. The summed E-state index contributed by atoms with van der Waals surface area (Å²) in [4.78, 5) is 14.0. The van der Waals surface area contributed by atoms with E-state index < -0.39 is 16.2 Å². The molecule has 1 saturated heterocycles. The third-order valence-electron chi connectivity index (χ3n) is 2.92. The maximum absolute atomic E-state index is 12.5. The molecule has 0 aliphatic carbocycles. The molecule has 0 amide bonds. The number of hydrogen-bond donors (Lipinski definition) is 0. The SMILES string of the molecule is COc1ccc(S(=O)(=O)N2CCOCC2N=C=O)cc1. The van der Waals surface area contributed by atoms with Crippen molar-refractivity contribution >= 4 is 16.1 Å². The molecule has 1 aromatic carbocycles. The van der Waals surface area contributed by atoms with Crippen LogP contribution in [0.4, 0.5) is 0 Å². The van der Waals surface area contributed by atoms with Crippen LogP contribution in [0.3, 0.4) is 0 Å². The minimum Gasteiger partial charge on any atom is -0.497 e. The summed E-state index contributed by atoms with van der Waals surface area (Å²) in [5.74, 6) is 0.563. The Morgan fingerprint density at radius 1 is 1.40 bits per heavy atom. The van der Waals surface area contributed by atoms with Gasteiger partial charge in [0.1, 0.15) is 5.75 Å². The second-order valence-electron chi connectivity index (χ2n) is 4.07. The van der Waals surface area contributed by atoms with E-state index in [0.29, 0.717) is 5.75 Å². The highest BCUT2D eigenvalue weighted by Gasteiger charge is 2.34. The van der Waals surface area contributed by atoms with Crippen molar-refractivity contribution in [1.82, 2.24) is 4.31 Å². The molecule has 1 aromatic rings. The summed E-state index contributed by atoms with van der Waals surface area (Å²) in [7, 11) is -2.23. The number of rotatable bonds is 4. The lowest BCUT2D eigenvalue weighted by Gasteiger charge is -2.31. The number of morpholine rings is 1. The quantitative estimate of drug-likeness (QED) is 0.592. The van der Waals surface area contributed by atoms with Gasteiger partial charge >= 0.3 is 0 Å². The Morgan fingerprint density at radius 3 is 2.70 bits per heavy atom. The smallest absolute Gasteiger partial charge is 0.245 e. The van der Waals surface area contributed by atoms with E-state index in [0.717, 1.165) is 4.31 Å². The van der Waals surface area contributed by atoms with Crippen molar-refractivity contribution in [1.29, 1.82) is 0 Å². The molecule has 1 atom stereocenters. The first-order chi connectivity index (χ1) is 9.59. The van der Waals surface area contributed by atoms with Crippen LogP contribution in [0.1, 0.15) is 0 Å². The van der Waals surface area contributed by atoms with Gasteiger partial charge in [0, 0.05) is 6.54 Å². The van der Waals surface area contributed by atoms with Crippen LogP contribution >= 0.6 is 0 Å². The van der Waals surface area contributed by atoms with Crippen molar-refractivity contribution in [3.8, 4) is 5.75 Å². The van der Waals surface area contributed by atoms with E-state index in [4.69, 9.17) is 9.47 Å². The second kappa shape index (κ2) is 6.15. The normalized spacial score (nSPS) is 20.1. The molecule has 7 nitrogen and oxygen atoms in total. The van der Waals surface area contributed by atoms with Crippen molar-refractivity contribution in [2.45, 2.75) is 11.1 Å². The number of methoxy groups -OCH3 is 1. The highest BCUT2D eigenvalue weighted by Crippen LogP contribution is 2.23. The molecule has 1 heterocycles. The summed E-state index contributed by atoms with van der Waals surface area (Å²) in [5, 5.41) is 0. The van der Waals surface area contributed by atoms with Crippen molar-refractivity contribution in [3.63, 3.8) is 0 Å². The molecule has 0 N–H and O–H groups in total. The van der Waals surface area contributed by atoms with Crippen LogP contribution in [0.25, 0.3) is 0 Å². The maximum atomic E-state index is 12.5. The minimum atomic E-state index is -3.73. The second-order valence-corrected chi connectivity index (χ2v) is 5.96. The average molecular weight is 298 g/mol. The van der Waals surface area contributed by atoms with E-state index in [1.807, 2.05) is 0 Å². The summed E-state index contributed by atoms with van der Waals surface area (Å²) >= 11 is 0. The number of carbonyl (C=O) groups excluding carboxylic acids is 1. The Morgan fingerprint density at radius 2 is 2.10 bits per heavy atom. The predicted octanol–water partition coefficient (Wildman–Crippen LogP) is 0.378. The third kappa shape index (κ3) is 2.88. The van der Waals surface area contributed by atoms with Gasteiger partial charge in [0.05, 0.1) is 25.2 Å². The number of isocyanates is 1. The van der Waals surface area contributed by atoms with Crippen LogP contribution < -0.4 is 4.74 Å². The lowest BCUT2D eigenvalue weighted by molar-refractivity contribution is 0.0359. The Bertz CT molecular complexity index is 607. The van der Waals surface area contributed by atoms with Crippen LogP contribution in [-0.2, 0) is 19.6 Å². The number of sulfonamides is 1.